The van der Waals surface area contributed by atoms with Gasteiger partial charge in [-0.1, -0.05) is 45.2 Å². The number of aryl methyl sites for hydroxylation is 2. The van der Waals surface area contributed by atoms with E-state index in [0.29, 0.717) is 32.6 Å². The van der Waals surface area contributed by atoms with E-state index in [2.05, 4.69) is 20.9 Å². The number of hydrogen-bond donors (Lipinski definition) is 1. The van der Waals surface area contributed by atoms with Gasteiger partial charge in [-0.25, -0.2) is 28.5 Å². The quantitative estimate of drug-likeness (QED) is 0.210. The molecule has 3 heterocycles. The first-order chi connectivity index (χ1) is 25.0. The number of carbonyl (C=O) groups is 2. The monoisotopic (exact) mass is 869 g/mol. The van der Waals surface area contributed by atoms with Crippen LogP contribution >= 0.6 is 62.3 Å². The summed E-state index contributed by atoms with van der Waals surface area (Å²) in [4.78, 5) is 69.4. The minimum Gasteiger partial charge on any atom is -0.504 e. The molecular formula is C34H28BrCl4N5O9. The van der Waals surface area contributed by atoms with Gasteiger partial charge in [-0.15, -0.1) is 23.2 Å². The lowest BCUT2D eigenvalue weighted by Gasteiger charge is -2.54. The Hall–Kier alpha value is -4.02. The molecule has 1 fully saturated rings. The summed E-state index contributed by atoms with van der Waals surface area (Å²) >= 11 is 30.4. The molecule has 53 heavy (non-hydrogen) atoms. The lowest BCUT2D eigenvalue weighted by molar-refractivity contribution is -0.128. The van der Waals surface area contributed by atoms with E-state index >= 15 is 0 Å². The van der Waals surface area contributed by atoms with Crippen LogP contribution in [0, 0.1) is 0 Å². The van der Waals surface area contributed by atoms with E-state index in [1.54, 1.807) is 25.3 Å². The van der Waals surface area contributed by atoms with E-state index in [0.717, 1.165) is 9.25 Å². The number of Topliss-reactive ketones (excluding diaryl/α,β-unsaturated/α-hetero) is 2. The number of ketones is 2. The number of phenolic OH excluding ortho intramolecular Hbond substituents is 1. The molecular weight excluding hydrogens is 844 g/mol. The summed E-state index contributed by atoms with van der Waals surface area (Å²) in [5, 5.41) is 10.2. The van der Waals surface area contributed by atoms with Crippen LogP contribution in [0.25, 0.3) is 11.0 Å². The Morgan fingerprint density at radius 3 is 2.23 bits per heavy atom. The normalized spacial score (nSPS) is 23.8. The van der Waals surface area contributed by atoms with Crippen LogP contribution in [0.1, 0.15) is 29.6 Å². The van der Waals surface area contributed by atoms with Crippen LogP contribution in [-0.2, 0) is 36.1 Å². The van der Waals surface area contributed by atoms with Gasteiger partial charge in [-0.3, -0.25) is 14.4 Å². The summed E-state index contributed by atoms with van der Waals surface area (Å²) in [7, 11) is 5.83. The van der Waals surface area contributed by atoms with Crippen molar-refractivity contribution >= 4 is 84.9 Å². The molecule has 1 saturated carbocycles. The van der Waals surface area contributed by atoms with Crippen molar-refractivity contribution in [1.82, 2.24) is 23.5 Å². The average molecular weight is 872 g/mol. The molecule has 2 aliphatic carbocycles. The van der Waals surface area contributed by atoms with Crippen LogP contribution in [0.5, 0.6) is 23.0 Å². The van der Waals surface area contributed by atoms with Crippen LogP contribution < -0.4 is 31.1 Å². The standard InChI is InChI=1S/C34H28BrCl4N5O9/c1-41-19-12-22(52-3)21(51-2)11-18(19)40-17(30(41)48)6-7-42-31(49)43-8-5-15-20(44(43)32(42)50)13-33(38)28(46)25(36)26(37)29(47)34(33,39)24(15)16-9-14(35)10-23(53-4)27(16)45/h5,9-12,20,24,45H,6-8,13H2,1-4H3. The Morgan fingerprint density at radius 1 is 0.925 bits per heavy atom. The number of ether oxygens (including phenoxy) is 3. The van der Waals surface area contributed by atoms with Gasteiger partial charge in [0.25, 0.3) is 5.56 Å². The third-order valence-corrected chi connectivity index (χ3v) is 12.9. The topological polar surface area (TPSA) is 166 Å². The fraction of sp³-hybridized carbons (Fsp3) is 0.353. The molecule has 3 aliphatic rings. The highest BCUT2D eigenvalue weighted by atomic mass is 79.9. The SMILES string of the molecule is COc1cc2nc(CCn3c(=O)n4n(c3=O)C3CC5(Cl)C(=O)C(Cl)=C(Cl)C(=O)C5(Cl)C(c5cc(Br)cc(OC)c5O)C3=CC4)c(=O)n(C)c2cc1OC. The van der Waals surface area contributed by atoms with Crippen molar-refractivity contribution in [3.63, 3.8) is 0 Å². The van der Waals surface area contributed by atoms with Gasteiger partial charge in [0.1, 0.15) is 25.5 Å². The molecule has 4 aromatic rings. The number of methoxy groups -OCH3 is 3. The number of fused-ring (bicyclic) bond motifs is 5. The highest BCUT2D eigenvalue weighted by Crippen LogP contribution is 2.65. The maximum absolute atomic E-state index is 14.3. The number of allylic oxidation sites excluding steroid dienone is 4. The Bertz CT molecular complexity index is 2560. The van der Waals surface area contributed by atoms with Crippen molar-refractivity contribution in [3.8, 4) is 23.0 Å². The minimum atomic E-state index is -2.35. The molecule has 7 rings (SSSR count). The van der Waals surface area contributed by atoms with Gasteiger partial charge in [0.2, 0.25) is 0 Å². The van der Waals surface area contributed by atoms with Crippen LogP contribution in [-0.4, -0.2) is 71.2 Å². The van der Waals surface area contributed by atoms with Gasteiger partial charge in [0.05, 0.1) is 44.9 Å². The van der Waals surface area contributed by atoms with Gasteiger partial charge >= 0.3 is 11.4 Å². The first-order valence-electron chi connectivity index (χ1n) is 15.9. The molecule has 2 aromatic heterocycles. The smallest absolute Gasteiger partial charge is 0.347 e. The van der Waals surface area contributed by atoms with E-state index < -0.39 is 72.4 Å². The molecule has 4 atom stereocenters. The predicted molar refractivity (Wildman–Crippen MR) is 199 cm³/mol. The zero-order valence-corrected chi connectivity index (χ0v) is 32.8. The van der Waals surface area contributed by atoms with E-state index in [4.69, 9.17) is 60.6 Å². The molecule has 1 aliphatic heterocycles. The summed E-state index contributed by atoms with van der Waals surface area (Å²) in [6, 6.07) is 5.06. The molecule has 0 spiro atoms. The van der Waals surface area contributed by atoms with Crippen molar-refractivity contribution in [3.05, 3.63) is 93.0 Å². The molecule has 1 N–H and O–H groups in total. The third kappa shape index (κ3) is 5.18. The summed E-state index contributed by atoms with van der Waals surface area (Å²) in [6.45, 7) is -0.407. The van der Waals surface area contributed by atoms with Crippen molar-refractivity contribution in [2.75, 3.05) is 21.3 Å². The van der Waals surface area contributed by atoms with E-state index in [9.17, 15) is 29.1 Å². The summed E-state index contributed by atoms with van der Waals surface area (Å²) in [5.41, 5.74) is -0.625. The van der Waals surface area contributed by atoms with E-state index in [1.807, 2.05) is 0 Å². The summed E-state index contributed by atoms with van der Waals surface area (Å²) in [5.74, 6) is -2.92. The molecule has 0 saturated heterocycles. The molecule has 2 aromatic carbocycles. The number of aromatic nitrogens is 5. The fourth-order valence-electron chi connectivity index (χ4n) is 7.61. The molecule has 278 valence electrons. The fourth-order valence-corrected chi connectivity index (χ4v) is 9.58. The molecule has 0 bridgehead atoms. The highest BCUT2D eigenvalue weighted by Gasteiger charge is 2.72. The highest BCUT2D eigenvalue weighted by molar-refractivity contribution is 9.10. The van der Waals surface area contributed by atoms with Gasteiger partial charge in [0.15, 0.2) is 34.6 Å². The second kappa shape index (κ2) is 13.1. The first-order valence-corrected chi connectivity index (χ1v) is 18.2. The molecule has 14 nitrogen and oxygen atoms in total. The van der Waals surface area contributed by atoms with Crippen molar-refractivity contribution in [1.29, 1.82) is 0 Å². The van der Waals surface area contributed by atoms with Crippen LogP contribution in [0.15, 0.2) is 64.8 Å². The Morgan fingerprint density at radius 2 is 1.57 bits per heavy atom. The zero-order chi connectivity index (χ0) is 38.5. The maximum atomic E-state index is 14.3. The van der Waals surface area contributed by atoms with Crippen LogP contribution in [0.2, 0.25) is 0 Å². The van der Waals surface area contributed by atoms with E-state index in [1.165, 1.54) is 42.7 Å². The van der Waals surface area contributed by atoms with Crippen LogP contribution in [0.4, 0.5) is 0 Å². The number of alkyl halides is 2. The molecule has 0 amide bonds. The number of rotatable bonds is 7. The number of hydrogen-bond acceptors (Lipinski definition) is 10. The second-order valence-corrected chi connectivity index (χ2v) is 15.6. The van der Waals surface area contributed by atoms with Crippen molar-refractivity contribution in [2.45, 2.75) is 47.6 Å². The van der Waals surface area contributed by atoms with Crippen molar-refractivity contribution in [2.24, 2.45) is 7.05 Å². The number of phenols is 1. The van der Waals surface area contributed by atoms with Crippen molar-refractivity contribution < 1.29 is 28.9 Å². The van der Waals surface area contributed by atoms with Gasteiger partial charge in [-0.2, -0.15) is 0 Å². The average Bonchev–Trinajstić information content (AvgIpc) is 3.39. The zero-order valence-electron chi connectivity index (χ0n) is 28.2. The minimum absolute atomic E-state index is 0.00820. The number of benzene rings is 2. The summed E-state index contributed by atoms with van der Waals surface area (Å²) in [6.07, 6.45) is 1.03. The molecule has 4 unspecified atom stereocenters. The Balaban J connectivity index is 1.36. The largest absolute Gasteiger partial charge is 0.504 e. The molecule has 19 heteroatoms. The molecule has 0 radical (unpaired) electrons. The second-order valence-electron chi connectivity index (χ2n) is 12.7. The number of carbonyl (C=O) groups excluding carboxylic acids is 2. The predicted octanol–water partition coefficient (Wildman–Crippen LogP) is 4.26. The lowest BCUT2D eigenvalue weighted by atomic mass is 9.59. The van der Waals surface area contributed by atoms with Gasteiger partial charge in [-0.05, 0) is 17.7 Å². The lowest BCUT2D eigenvalue weighted by Crippen LogP contribution is -2.67. The Kier molecular flexibility index (Phi) is 9.21. The van der Waals surface area contributed by atoms with Gasteiger partial charge in [0, 0.05) is 54.5 Å². The third-order valence-electron chi connectivity index (χ3n) is 10.2. The number of halogens is 5. The van der Waals surface area contributed by atoms with Gasteiger partial charge < -0.3 is 23.9 Å². The summed E-state index contributed by atoms with van der Waals surface area (Å²) < 4.78 is 21.2. The van der Waals surface area contributed by atoms with E-state index in [-0.39, 0.29) is 36.5 Å². The maximum Gasteiger partial charge on any atom is 0.347 e. The van der Waals surface area contributed by atoms with Crippen LogP contribution in [0.3, 0.4) is 0 Å². The Labute approximate surface area is 327 Å². The number of nitrogens with zero attached hydrogens (tertiary/aromatic N) is 5. The number of aromatic hydroxyl groups is 1. The first kappa shape index (κ1) is 37.3.